The summed E-state index contributed by atoms with van der Waals surface area (Å²) in [6.45, 7) is 4.11. The Labute approximate surface area is 113 Å². The van der Waals surface area contributed by atoms with Crippen molar-refractivity contribution in [2.75, 3.05) is 6.61 Å². The largest absolute Gasteiger partial charge is 0.457 e. The highest BCUT2D eigenvalue weighted by molar-refractivity contribution is 5.59. The summed E-state index contributed by atoms with van der Waals surface area (Å²) in [6, 6.07) is 15.9. The van der Waals surface area contributed by atoms with Crippen LogP contribution in [0.25, 0.3) is 0 Å². The minimum atomic E-state index is -0.375. The average molecular weight is 252 g/mol. The third-order valence-corrected chi connectivity index (χ3v) is 3.81. The van der Waals surface area contributed by atoms with Gasteiger partial charge in [-0.3, -0.25) is 0 Å². The molecule has 0 atom stereocenters. The second-order valence-corrected chi connectivity index (χ2v) is 4.74. The van der Waals surface area contributed by atoms with E-state index in [-0.39, 0.29) is 12.0 Å². The van der Waals surface area contributed by atoms with Crippen LogP contribution in [0, 0.1) is 0 Å². The number of hydrogen-bond donors (Lipinski definition) is 1. The minimum absolute atomic E-state index is 0.106. The zero-order valence-corrected chi connectivity index (χ0v) is 10.7. The van der Waals surface area contributed by atoms with Crippen molar-refractivity contribution < 1.29 is 9.84 Å². The molecule has 0 fully saturated rings. The van der Waals surface area contributed by atoms with Crippen molar-refractivity contribution in [3.05, 3.63) is 72.3 Å². The van der Waals surface area contributed by atoms with Crippen molar-refractivity contribution in [3.8, 4) is 11.5 Å². The van der Waals surface area contributed by atoms with Crippen LogP contribution in [0.2, 0.25) is 0 Å². The first kappa shape index (κ1) is 12.0. The van der Waals surface area contributed by atoms with Gasteiger partial charge in [0.2, 0.25) is 0 Å². The van der Waals surface area contributed by atoms with E-state index in [1.165, 1.54) is 0 Å². The molecule has 1 heterocycles. The molecule has 2 aromatic carbocycles. The Morgan fingerprint density at radius 2 is 1.53 bits per heavy atom. The zero-order valence-electron chi connectivity index (χ0n) is 10.7. The summed E-state index contributed by atoms with van der Waals surface area (Å²) in [6.07, 6.45) is 2.53. The topological polar surface area (TPSA) is 29.5 Å². The van der Waals surface area contributed by atoms with Crippen molar-refractivity contribution >= 4 is 0 Å². The minimum Gasteiger partial charge on any atom is -0.457 e. The lowest BCUT2D eigenvalue weighted by atomic mass is 9.70. The molecule has 2 heteroatoms. The Hall–Kier alpha value is -2.06. The fraction of sp³-hybridized carbons (Fsp3) is 0.176. The number of allylic oxidation sites excluding steroid dienone is 1. The summed E-state index contributed by atoms with van der Waals surface area (Å²) in [5.41, 5.74) is 1.76. The fourth-order valence-electron chi connectivity index (χ4n) is 2.88. The third kappa shape index (κ3) is 1.68. The molecule has 0 saturated heterocycles. The Kier molecular flexibility index (Phi) is 2.88. The van der Waals surface area contributed by atoms with Crippen LogP contribution in [-0.4, -0.2) is 11.7 Å². The maximum Gasteiger partial charge on any atom is 0.131 e. The molecule has 1 aliphatic rings. The number of hydrogen-bond acceptors (Lipinski definition) is 2. The number of aliphatic hydroxyl groups is 1. The molecule has 1 N–H and O–H groups in total. The van der Waals surface area contributed by atoms with E-state index in [2.05, 4.69) is 6.58 Å². The van der Waals surface area contributed by atoms with Crippen molar-refractivity contribution in [2.24, 2.45) is 0 Å². The molecular weight excluding hydrogens is 236 g/mol. The smallest absolute Gasteiger partial charge is 0.131 e. The Bertz CT molecular complexity index is 571. The molecule has 0 radical (unpaired) electrons. The normalized spacial score (nSPS) is 15.0. The van der Waals surface area contributed by atoms with Gasteiger partial charge < -0.3 is 9.84 Å². The van der Waals surface area contributed by atoms with Gasteiger partial charge in [0.05, 0.1) is 0 Å². The molecule has 0 amide bonds. The van der Waals surface area contributed by atoms with E-state index in [0.717, 1.165) is 22.6 Å². The molecule has 0 bridgehead atoms. The molecule has 96 valence electrons. The molecule has 19 heavy (non-hydrogen) atoms. The monoisotopic (exact) mass is 252 g/mol. The number of aliphatic hydroxyl groups excluding tert-OH is 1. The van der Waals surface area contributed by atoms with Gasteiger partial charge in [-0.15, -0.1) is 6.58 Å². The van der Waals surface area contributed by atoms with Crippen LogP contribution < -0.4 is 4.74 Å². The maximum atomic E-state index is 9.48. The van der Waals surface area contributed by atoms with Gasteiger partial charge in [-0.05, 0) is 18.6 Å². The van der Waals surface area contributed by atoms with E-state index in [1.807, 2.05) is 54.6 Å². The highest BCUT2D eigenvalue weighted by Gasteiger charge is 2.38. The van der Waals surface area contributed by atoms with Crippen LogP contribution in [0.15, 0.2) is 61.2 Å². The third-order valence-electron chi connectivity index (χ3n) is 3.81. The molecule has 1 aliphatic heterocycles. The fourth-order valence-corrected chi connectivity index (χ4v) is 2.88. The van der Waals surface area contributed by atoms with Crippen LogP contribution in [0.5, 0.6) is 11.5 Å². The van der Waals surface area contributed by atoms with Crippen LogP contribution in [0.4, 0.5) is 0 Å². The molecule has 0 saturated carbocycles. The van der Waals surface area contributed by atoms with Gasteiger partial charge >= 0.3 is 0 Å². The van der Waals surface area contributed by atoms with E-state index in [1.54, 1.807) is 0 Å². The summed E-state index contributed by atoms with van der Waals surface area (Å²) in [7, 11) is 0. The van der Waals surface area contributed by atoms with Gasteiger partial charge in [0.1, 0.15) is 11.5 Å². The van der Waals surface area contributed by atoms with Gasteiger partial charge in [0.25, 0.3) is 0 Å². The summed E-state index contributed by atoms with van der Waals surface area (Å²) in [5, 5.41) is 9.48. The van der Waals surface area contributed by atoms with Crippen molar-refractivity contribution in [2.45, 2.75) is 11.8 Å². The van der Waals surface area contributed by atoms with Gasteiger partial charge in [-0.2, -0.15) is 0 Å². The van der Waals surface area contributed by atoms with E-state index in [0.29, 0.717) is 6.42 Å². The first-order valence-electron chi connectivity index (χ1n) is 6.43. The van der Waals surface area contributed by atoms with Crippen LogP contribution in [0.3, 0.4) is 0 Å². The number of benzene rings is 2. The second kappa shape index (κ2) is 4.56. The van der Waals surface area contributed by atoms with Gasteiger partial charge in [0, 0.05) is 23.1 Å². The molecule has 0 aromatic heterocycles. The lowest BCUT2D eigenvalue weighted by Gasteiger charge is -2.37. The number of ether oxygens (including phenoxy) is 1. The molecule has 0 aliphatic carbocycles. The van der Waals surface area contributed by atoms with Gasteiger partial charge in [-0.1, -0.05) is 42.5 Å². The second-order valence-electron chi connectivity index (χ2n) is 4.74. The van der Waals surface area contributed by atoms with Gasteiger partial charge in [0.15, 0.2) is 0 Å². The molecule has 0 unspecified atom stereocenters. The van der Waals surface area contributed by atoms with E-state index in [9.17, 15) is 5.11 Å². The average Bonchev–Trinajstić information content (AvgIpc) is 2.47. The molecule has 2 nitrogen and oxygen atoms in total. The highest BCUT2D eigenvalue weighted by Crippen LogP contribution is 2.50. The SMILES string of the molecule is C=CC1(CCO)c2ccccc2Oc2ccccc21. The Morgan fingerprint density at radius 1 is 1.00 bits per heavy atom. The molecular formula is C17H16O2. The predicted molar refractivity (Wildman–Crippen MR) is 75.6 cm³/mol. The van der Waals surface area contributed by atoms with E-state index < -0.39 is 0 Å². The number of rotatable bonds is 3. The van der Waals surface area contributed by atoms with Crippen molar-refractivity contribution in [1.82, 2.24) is 0 Å². The van der Waals surface area contributed by atoms with Crippen LogP contribution in [0.1, 0.15) is 17.5 Å². The number of para-hydroxylation sites is 2. The first-order chi connectivity index (χ1) is 9.31. The Balaban J connectivity index is 2.30. The van der Waals surface area contributed by atoms with Crippen molar-refractivity contribution in [3.63, 3.8) is 0 Å². The summed E-state index contributed by atoms with van der Waals surface area (Å²) in [4.78, 5) is 0. The van der Waals surface area contributed by atoms with Crippen LogP contribution >= 0.6 is 0 Å². The Morgan fingerprint density at radius 3 is 2.00 bits per heavy atom. The van der Waals surface area contributed by atoms with E-state index >= 15 is 0 Å². The maximum absolute atomic E-state index is 9.48. The molecule has 3 rings (SSSR count). The summed E-state index contributed by atoms with van der Waals surface area (Å²) >= 11 is 0. The van der Waals surface area contributed by atoms with E-state index in [4.69, 9.17) is 4.74 Å². The first-order valence-corrected chi connectivity index (χ1v) is 6.43. The summed E-state index contributed by atoms with van der Waals surface area (Å²) in [5.74, 6) is 1.68. The predicted octanol–water partition coefficient (Wildman–Crippen LogP) is 3.65. The highest BCUT2D eigenvalue weighted by atomic mass is 16.5. The standard InChI is InChI=1S/C17H16O2/c1-2-17(11-12-18)13-7-3-5-9-15(13)19-16-10-6-4-8-14(16)17/h2-10,18H,1,11-12H2. The molecule has 2 aromatic rings. The lowest BCUT2D eigenvalue weighted by molar-refractivity contribution is 0.261. The number of fused-ring (bicyclic) bond motifs is 2. The zero-order chi connectivity index (χ0) is 13.3. The summed E-state index contributed by atoms with van der Waals surface area (Å²) < 4.78 is 5.95. The van der Waals surface area contributed by atoms with Crippen molar-refractivity contribution in [1.29, 1.82) is 0 Å². The van der Waals surface area contributed by atoms with Gasteiger partial charge in [-0.25, -0.2) is 0 Å². The van der Waals surface area contributed by atoms with Crippen LogP contribution in [-0.2, 0) is 5.41 Å². The molecule has 0 spiro atoms. The lowest BCUT2D eigenvalue weighted by Crippen LogP contribution is -2.30. The quantitative estimate of drug-likeness (QED) is 0.845.